The Morgan fingerprint density at radius 2 is 1.50 bits per heavy atom. The normalized spacial score (nSPS) is 12.1. The number of amides is 3. The number of carboxylic acids is 4. The quantitative estimate of drug-likeness (QED) is 0.119. The first kappa shape index (κ1) is 33.1. The van der Waals surface area contributed by atoms with Crippen LogP contribution in [-0.2, 0) is 20.8 Å². The van der Waals surface area contributed by atoms with Crippen molar-refractivity contribution in [1.29, 1.82) is 0 Å². The van der Waals surface area contributed by atoms with Gasteiger partial charge in [0.15, 0.2) is 0 Å². The Morgan fingerprint density at radius 1 is 0.857 bits per heavy atom. The maximum absolute atomic E-state index is 12.7. The molecule has 0 aliphatic rings. The number of aromatic nitrogens is 3. The monoisotopic (exact) mass is 594 g/mol. The van der Waals surface area contributed by atoms with E-state index in [1.54, 1.807) is 0 Å². The van der Waals surface area contributed by atoms with Gasteiger partial charge in [-0.3, -0.25) is 14.0 Å². The van der Waals surface area contributed by atoms with Crippen molar-refractivity contribution in [3.63, 3.8) is 0 Å². The van der Waals surface area contributed by atoms with Crippen LogP contribution >= 0.6 is 0 Å². The van der Waals surface area contributed by atoms with Crippen LogP contribution in [0.5, 0.6) is 0 Å². The molecular weight excluding hydrogens is 563 g/mol. The molecule has 42 heavy (non-hydrogen) atoms. The van der Waals surface area contributed by atoms with E-state index in [-0.39, 0.29) is 49.0 Å². The lowest BCUT2D eigenvalue weighted by Gasteiger charge is -2.18. The van der Waals surface area contributed by atoms with Gasteiger partial charge in [-0.1, -0.05) is 5.21 Å². The van der Waals surface area contributed by atoms with E-state index < -0.39 is 67.4 Å². The van der Waals surface area contributed by atoms with Gasteiger partial charge in [0.2, 0.25) is 0 Å². The third kappa shape index (κ3) is 10.8. The molecule has 3 amide bonds. The van der Waals surface area contributed by atoms with Gasteiger partial charge < -0.3 is 36.4 Å². The molecule has 1 aromatic heterocycles. The van der Waals surface area contributed by atoms with Gasteiger partial charge in [-0.15, -0.1) is 5.10 Å². The molecule has 0 fully saturated rings. The molecule has 0 spiro atoms. The molecule has 2 atom stereocenters. The van der Waals surface area contributed by atoms with E-state index in [0.717, 1.165) is 0 Å². The number of aryl methyl sites for hydroxylation is 1. The number of carboxylic acid groups (broad SMARTS) is 4. The summed E-state index contributed by atoms with van der Waals surface area (Å²) in [4.78, 5) is 69.8. The van der Waals surface area contributed by atoms with Crippen molar-refractivity contribution in [3.8, 4) is 5.69 Å². The van der Waals surface area contributed by atoms with Crippen molar-refractivity contribution in [2.45, 2.75) is 57.0 Å². The first-order chi connectivity index (χ1) is 19.9. The number of hydrogen-bond acceptors (Lipinski definition) is 8. The second kappa shape index (κ2) is 16.2. The van der Waals surface area contributed by atoms with E-state index in [0.29, 0.717) is 12.1 Å². The Bertz CT molecular complexity index is 1300. The van der Waals surface area contributed by atoms with Crippen molar-refractivity contribution in [3.05, 3.63) is 41.2 Å². The summed E-state index contributed by atoms with van der Waals surface area (Å²) in [6.07, 6.45) is 1.61. The summed E-state index contributed by atoms with van der Waals surface area (Å²) < 4.78 is 13.7. The fourth-order valence-electron chi connectivity index (χ4n) is 3.70. The zero-order chi connectivity index (χ0) is 31.2. The number of alkyl halides is 1. The number of unbranched alkanes of at least 4 members (excludes halogenated alkanes) is 1. The van der Waals surface area contributed by atoms with Gasteiger partial charge >= 0.3 is 29.9 Å². The maximum Gasteiger partial charge on any atom is 0.335 e. The summed E-state index contributed by atoms with van der Waals surface area (Å²) in [6, 6.07) is -0.136. The largest absolute Gasteiger partial charge is 0.481 e. The van der Waals surface area contributed by atoms with Crippen LogP contribution in [0.4, 0.5) is 9.18 Å². The molecule has 0 saturated carbocycles. The lowest BCUT2D eigenvalue weighted by Crippen LogP contribution is -2.51. The zero-order valence-corrected chi connectivity index (χ0v) is 22.3. The summed E-state index contributed by atoms with van der Waals surface area (Å²) in [6.45, 7) is -0.450. The van der Waals surface area contributed by atoms with Crippen LogP contribution < -0.4 is 16.0 Å². The van der Waals surface area contributed by atoms with E-state index in [1.165, 1.54) is 29.1 Å². The van der Waals surface area contributed by atoms with Crippen LogP contribution in [0.1, 0.15) is 64.9 Å². The first-order valence-electron chi connectivity index (χ1n) is 12.8. The van der Waals surface area contributed by atoms with E-state index in [9.17, 15) is 43.4 Å². The number of aliphatic carboxylic acids is 3. The van der Waals surface area contributed by atoms with Crippen LogP contribution in [-0.4, -0.2) is 96.5 Å². The van der Waals surface area contributed by atoms with Crippen LogP contribution in [0, 0.1) is 0 Å². The Kier molecular flexibility index (Phi) is 12.8. The molecule has 0 radical (unpaired) electrons. The van der Waals surface area contributed by atoms with Gasteiger partial charge in [0, 0.05) is 18.5 Å². The molecule has 2 unspecified atom stereocenters. The molecule has 0 saturated heterocycles. The number of rotatable bonds is 18. The summed E-state index contributed by atoms with van der Waals surface area (Å²) in [5, 5.41) is 51.2. The number of aromatic carboxylic acids is 1. The highest BCUT2D eigenvalue weighted by Gasteiger charge is 2.25. The Labute approximate surface area is 237 Å². The van der Waals surface area contributed by atoms with Crippen LogP contribution in [0.25, 0.3) is 5.69 Å². The van der Waals surface area contributed by atoms with Crippen LogP contribution in [0.3, 0.4) is 0 Å². The molecule has 228 valence electrons. The minimum atomic E-state index is -1.53. The van der Waals surface area contributed by atoms with Crippen LogP contribution in [0.2, 0.25) is 0 Å². The highest BCUT2D eigenvalue weighted by atomic mass is 19.1. The molecule has 0 aliphatic heterocycles. The molecular formula is C25H31FN6O10. The molecule has 1 heterocycles. The van der Waals surface area contributed by atoms with Gasteiger partial charge in [-0.2, -0.15) is 0 Å². The van der Waals surface area contributed by atoms with Gasteiger partial charge in [-0.05, 0) is 56.7 Å². The second-order valence-corrected chi connectivity index (χ2v) is 9.10. The number of nitrogens with zero attached hydrogens (tertiary/aromatic N) is 3. The van der Waals surface area contributed by atoms with Crippen molar-refractivity contribution in [2.75, 3.05) is 13.2 Å². The fraction of sp³-hybridized carbons (Fsp3) is 0.440. The predicted molar refractivity (Wildman–Crippen MR) is 140 cm³/mol. The lowest BCUT2D eigenvalue weighted by atomic mass is 10.1. The number of carbonyl (C=O) groups excluding carboxylic acids is 2. The van der Waals surface area contributed by atoms with Crippen molar-refractivity contribution < 1.29 is 53.6 Å². The van der Waals surface area contributed by atoms with Gasteiger partial charge in [0.1, 0.15) is 12.1 Å². The first-order valence-corrected chi connectivity index (χ1v) is 12.8. The van der Waals surface area contributed by atoms with Crippen molar-refractivity contribution in [1.82, 2.24) is 30.9 Å². The van der Waals surface area contributed by atoms with E-state index in [1.807, 2.05) is 5.32 Å². The van der Waals surface area contributed by atoms with Gasteiger partial charge in [0.05, 0.1) is 29.8 Å². The number of hydrogen-bond donors (Lipinski definition) is 7. The maximum atomic E-state index is 12.7. The SMILES string of the molecule is O=C(O)CCC(NC(=O)NC(CCCCNC(=O)c1cc(C(=O)O)cc(-n2cc(CCCF)nn2)c1)C(=O)O)C(=O)O. The number of benzene rings is 1. The molecule has 7 N–H and O–H groups in total. The minimum Gasteiger partial charge on any atom is -0.481 e. The smallest absolute Gasteiger partial charge is 0.335 e. The molecule has 1 aromatic carbocycles. The summed E-state index contributed by atoms with van der Waals surface area (Å²) >= 11 is 0. The third-order valence-corrected chi connectivity index (χ3v) is 5.86. The second-order valence-electron chi connectivity index (χ2n) is 9.10. The number of carbonyl (C=O) groups is 6. The molecule has 0 bridgehead atoms. The Morgan fingerprint density at radius 3 is 2.10 bits per heavy atom. The molecule has 2 rings (SSSR count). The fourth-order valence-corrected chi connectivity index (χ4v) is 3.70. The van der Waals surface area contributed by atoms with Crippen molar-refractivity contribution >= 4 is 35.8 Å². The predicted octanol–water partition coefficient (Wildman–Crippen LogP) is 0.838. The molecule has 17 heteroatoms. The Hall–Kier alpha value is -5.09. The summed E-state index contributed by atoms with van der Waals surface area (Å²) in [5.41, 5.74) is 0.579. The molecule has 16 nitrogen and oxygen atoms in total. The molecule has 2 aromatic rings. The van der Waals surface area contributed by atoms with E-state index in [4.69, 9.17) is 10.2 Å². The number of halogens is 1. The van der Waals surface area contributed by atoms with E-state index in [2.05, 4.69) is 20.9 Å². The molecule has 0 aliphatic carbocycles. The van der Waals surface area contributed by atoms with Gasteiger partial charge in [0.25, 0.3) is 5.91 Å². The minimum absolute atomic E-state index is 0.0170. The highest BCUT2D eigenvalue weighted by molar-refractivity contribution is 5.98. The van der Waals surface area contributed by atoms with Crippen LogP contribution in [0.15, 0.2) is 24.4 Å². The Balaban J connectivity index is 1.92. The lowest BCUT2D eigenvalue weighted by molar-refractivity contribution is -0.140. The third-order valence-electron chi connectivity index (χ3n) is 5.86. The standard InChI is InChI=1S/C25H31FN6O10/c26-8-3-4-16-13-32(31-30-16)17-11-14(10-15(12-17)22(36)37)21(35)27-9-2-1-5-18(23(38)39)28-25(42)29-19(24(40)41)6-7-20(33)34/h10-13,18-19H,1-9H2,(H,27,35)(H,33,34)(H,36,37)(H,38,39)(H,40,41)(H2,28,29,42). The van der Waals surface area contributed by atoms with E-state index >= 15 is 0 Å². The summed E-state index contributed by atoms with van der Waals surface area (Å²) in [7, 11) is 0. The average molecular weight is 595 g/mol. The number of urea groups is 1. The zero-order valence-electron chi connectivity index (χ0n) is 22.3. The number of nitrogens with one attached hydrogen (secondary N) is 3. The summed E-state index contributed by atoms with van der Waals surface area (Å²) in [5.74, 6) is -6.01. The average Bonchev–Trinajstić information content (AvgIpc) is 3.41. The van der Waals surface area contributed by atoms with Crippen molar-refractivity contribution in [2.24, 2.45) is 0 Å². The topological polar surface area (TPSA) is 250 Å². The van der Waals surface area contributed by atoms with Gasteiger partial charge in [-0.25, -0.2) is 23.9 Å². The highest BCUT2D eigenvalue weighted by Crippen LogP contribution is 2.15.